The smallest absolute Gasteiger partial charge is 0.257 e. The molecular weight excluding hydrogens is 378 g/mol. The van der Waals surface area contributed by atoms with Crippen molar-refractivity contribution in [1.82, 2.24) is 20.0 Å². The molecule has 5 rings (SSSR count). The Labute approximate surface area is 174 Å². The number of piperazine rings is 1. The molecule has 0 atom stereocenters. The number of hydrogen-bond acceptors (Lipinski definition) is 7. The molecule has 152 valence electrons. The maximum atomic E-state index is 9.17. The number of aromatic nitrogens is 3. The van der Waals surface area contributed by atoms with E-state index in [2.05, 4.69) is 49.2 Å². The fourth-order valence-electron chi connectivity index (χ4n) is 3.89. The highest BCUT2D eigenvalue weighted by molar-refractivity contribution is 5.91. The van der Waals surface area contributed by atoms with Crippen LogP contribution in [-0.4, -0.2) is 51.3 Å². The quantitative estimate of drug-likeness (QED) is 0.550. The third-order valence-corrected chi connectivity index (χ3v) is 5.56. The maximum Gasteiger partial charge on any atom is 0.257 e. The van der Waals surface area contributed by atoms with Crippen molar-refractivity contribution in [1.29, 1.82) is 0 Å². The highest BCUT2D eigenvalue weighted by atomic mass is 16.5. The Morgan fingerprint density at radius 1 is 0.933 bits per heavy atom. The third-order valence-electron chi connectivity index (χ3n) is 5.56. The van der Waals surface area contributed by atoms with Crippen LogP contribution in [0.4, 0.5) is 5.69 Å². The van der Waals surface area contributed by atoms with Crippen LogP contribution >= 0.6 is 0 Å². The van der Waals surface area contributed by atoms with Crippen LogP contribution in [0.25, 0.3) is 22.4 Å². The molecule has 0 radical (unpaired) electrons. The minimum absolute atomic E-state index is 0.0244. The first-order chi connectivity index (χ1) is 14.8. The molecule has 1 fully saturated rings. The zero-order chi connectivity index (χ0) is 20.3. The van der Waals surface area contributed by atoms with E-state index < -0.39 is 0 Å². The Morgan fingerprint density at radius 3 is 2.53 bits per heavy atom. The summed E-state index contributed by atoms with van der Waals surface area (Å²) in [5.74, 6) is 1.20. The highest BCUT2D eigenvalue weighted by Gasteiger charge is 2.20. The average Bonchev–Trinajstić information content (AvgIpc) is 3.28. The van der Waals surface area contributed by atoms with Crippen molar-refractivity contribution in [2.45, 2.75) is 13.2 Å². The summed E-state index contributed by atoms with van der Waals surface area (Å²) < 4.78 is 5.44. The molecule has 0 unspecified atom stereocenters. The molecule has 1 N–H and O–H groups in total. The van der Waals surface area contributed by atoms with Gasteiger partial charge in [0.1, 0.15) is 0 Å². The molecule has 30 heavy (non-hydrogen) atoms. The van der Waals surface area contributed by atoms with Gasteiger partial charge in [0.25, 0.3) is 5.89 Å². The van der Waals surface area contributed by atoms with E-state index in [-0.39, 0.29) is 6.61 Å². The Bertz CT molecular complexity index is 1130. The van der Waals surface area contributed by atoms with Crippen LogP contribution in [0.2, 0.25) is 0 Å². The summed E-state index contributed by atoms with van der Waals surface area (Å²) >= 11 is 0. The lowest BCUT2D eigenvalue weighted by molar-refractivity contribution is 0.240. The van der Waals surface area contributed by atoms with E-state index in [1.807, 2.05) is 36.5 Å². The lowest BCUT2D eigenvalue weighted by atomic mass is 10.1. The topological polar surface area (TPSA) is 78.5 Å². The summed E-state index contributed by atoms with van der Waals surface area (Å²) in [7, 11) is 0. The van der Waals surface area contributed by atoms with E-state index in [1.54, 1.807) is 0 Å². The second kappa shape index (κ2) is 8.22. The van der Waals surface area contributed by atoms with Gasteiger partial charge in [0, 0.05) is 49.0 Å². The minimum Gasteiger partial charge on any atom is -0.392 e. The molecule has 0 bridgehead atoms. The molecule has 1 aliphatic heterocycles. The first-order valence-electron chi connectivity index (χ1n) is 10.1. The van der Waals surface area contributed by atoms with Crippen molar-refractivity contribution in [2.75, 3.05) is 31.1 Å². The van der Waals surface area contributed by atoms with Crippen molar-refractivity contribution in [3.05, 3.63) is 72.2 Å². The van der Waals surface area contributed by atoms with Crippen molar-refractivity contribution >= 4 is 16.6 Å². The van der Waals surface area contributed by atoms with E-state index >= 15 is 0 Å². The lowest BCUT2D eigenvalue weighted by Gasteiger charge is -2.36. The monoisotopic (exact) mass is 401 g/mol. The summed E-state index contributed by atoms with van der Waals surface area (Å²) in [6.45, 7) is 4.46. The average molecular weight is 401 g/mol. The van der Waals surface area contributed by atoms with E-state index in [4.69, 9.17) is 9.63 Å². The first kappa shape index (κ1) is 18.7. The summed E-state index contributed by atoms with van der Waals surface area (Å²) in [6.07, 6.45) is 1.89. The van der Waals surface area contributed by atoms with E-state index in [0.717, 1.165) is 42.8 Å². The van der Waals surface area contributed by atoms with Gasteiger partial charge in [-0.25, -0.2) is 0 Å². The molecule has 4 aromatic rings. The fraction of sp³-hybridized carbons (Fsp3) is 0.261. The van der Waals surface area contributed by atoms with Gasteiger partial charge in [-0.05, 0) is 29.8 Å². The fourth-order valence-corrected chi connectivity index (χ4v) is 3.89. The van der Waals surface area contributed by atoms with E-state index in [9.17, 15) is 0 Å². The molecule has 0 saturated carbocycles. The number of benzene rings is 2. The number of rotatable bonds is 5. The predicted octanol–water partition coefficient (Wildman–Crippen LogP) is 3.10. The standard InChI is InChI=1S/C23H23N5O2/c29-16-17-5-7-18(8-6-17)23-25-22(26-30-23)15-27-11-13-28(14-12-27)21-9-10-24-20-4-2-1-3-19(20)21/h1-10,29H,11-16H2. The normalized spacial score (nSPS) is 15.0. The SMILES string of the molecule is OCc1ccc(-c2nc(CN3CCN(c4ccnc5ccccc45)CC3)no2)cc1. The molecule has 0 spiro atoms. The third kappa shape index (κ3) is 3.77. The molecule has 2 aromatic heterocycles. The van der Waals surface area contributed by atoms with Gasteiger partial charge < -0.3 is 14.5 Å². The molecule has 0 aliphatic carbocycles. The summed E-state index contributed by atoms with van der Waals surface area (Å²) in [5, 5.41) is 14.5. The number of anilines is 1. The molecule has 2 aromatic carbocycles. The number of para-hydroxylation sites is 1. The van der Waals surface area contributed by atoms with Crippen LogP contribution in [0.15, 0.2) is 65.3 Å². The maximum absolute atomic E-state index is 9.17. The van der Waals surface area contributed by atoms with Gasteiger partial charge in [0.15, 0.2) is 5.82 Å². The Hall–Kier alpha value is -3.29. The van der Waals surface area contributed by atoms with E-state index in [1.165, 1.54) is 11.1 Å². The summed E-state index contributed by atoms with van der Waals surface area (Å²) in [6, 6.07) is 17.9. The molecule has 7 nitrogen and oxygen atoms in total. The number of fused-ring (bicyclic) bond motifs is 1. The van der Waals surface area contributed by atoms with Crippen molar-refractivity contribution in [2.24, 2.45) is 0 Å². The molecular formula is C23H23N5O2. The molecule has 1 saturated heterocycles. The van der Waals surface area contributed by atoms with Crippen molar-refractivity contribution < 1.29 is 9.63 Å². The molecule has 1 aliphatic rings. The number of aliphatic hydroxyl groups excluding tert-OH is 1. The highest BCUT2D eigenvalue weighted by Crippen LogP contribution is 2.26. The number of pyridine rings is 1. The number of aliphatic hydroxyl groups is 1. The molecule has 0 amide bonds. The zero-order valence-electron chi connectivity index (χ0n) is 16.6. The largest absolute Gasteiger partial charge is 0.392 e. The number of nitrogens with zero attached hydrogens (tertiary/aromatic N) is 5. The first-order valence-corrected chi connectivity index (χ1v) is 10.1. The second-order valence-corrected chi connectivity index (χ2v) is 7.48. The Morgan fingerprint density at radius 2 is 1.73 bits per heavy atom. The Kier molecular flexibility index (Phi) is 5.13. The Balaban J connectivity index is 1.23. The van der Waals surface area contributed by atoms with Gasteiger partial charge in [-0.3, -0.25) is 9.88 Å². The van der Waals surface area contributed by atoms with Crippen molar-refractivity contribution in [3.8, 4) is 11.5 Å². The van der Waals surface area contributed by atoms with Crippen LogP contribution in [-0.2, 0) is 13.2 Å². The van der Waals surface area contributed by atoms with Crippen LogP contribution in [0.3, 0.4) is 0 Å². The second-order valence-electron chi connectivity index (χ2n) is 7.48. The van der Waals surface area contributed by atoms with Gasteiger partial charge in [-0.1, -0.05) is 35.5 Å². The van der Waals surface area contributed by atoms with E-state index in [0.29, 0.717) is 18.3 Å². The van der Waals surface area contributed by atoms with Crippen molar-refractivity contribution in [3.63, 3.8) is 0 Å². The van der Waals surface area contributed by atoms with Crippen LogP contribution in [0.5, 0.6) is 0 Å². The zero-order valence-corrected chi connectivity index (χ0v) is 16.6. The van der Waals surface area contributed by atoms with Gasteiger partial charge in [0.2, 0.25) is 0 Å². The molecule has 7 heteroatoms. The van der Waals surface area contributed by atoms with Crippen LogP contribution in [0, 0.1) is 0 Å². The predicted molar refractivity (Wildman–Crippen MR) is 115 cm³/mol. The lowest BCUT2D eigenvalue weighted by Crippen LogP contribution is -2.46. The number of hydrogen-bond donors (Lipinski definition) is 1. The summed E-state index contributed by atoms with van der Waals surface area (Å²) in [4.78, 5) is 13.8. The minimum atomic E-state index is 0.0244. The van der Waals surface area contributed by atoms with Gasteiger partial charge in [-0.2, -0.15) is 4.98 Å². The van der Waals surface area contributed by atoms with Crippen LogP contribution in [0.1, 0.15) is 11.4 Å². The van der Waals surface area contributed by atoms with Crippen LogP contribution < -0.4 is 4.90 Å². The summed E-state index contributed by atoms with van der Waals surface area (Å²) in [5.41, 5.74) is 4.00. The van der Waals surface area contributed by atoms with Gasteiger partial charge in [0.05, 0.1) is 18.7 Å². The molecule has 3 heterocycles. The van der Waals surface area contributed by atoms with Gasteiger partial charge >= 0.3 is 0 Å². The van der Waals surface area contributed by atoms with Gasteiger partial charge in [-0.15, -0.1) is 0 Å².